The highest BCUT2D eigenvalue weighted by molar-refractivity contribution is 6.04. The van der Waals surface area contributed by atoms with Gasteiger partial charge in [0.05, 0.1) is 19.4 Å². The van der Waals surface area contributed by atoms with Crippen LogP contribution in [0.2, 0.25) is 0 Å². The fourth-order valence-corrected chi connectivity index (χ4v) is 2.53. The number of ether oxygens (including phenoxy) is 2. The molecule has 0 spiro atoms. The van der Waals surface area contributed by atoms with Crippen LogP contribution in [-0.4, -0.2) is 29.8 Å². The molecule has 0 radical (unpaired) electrons. The van der Waals surface area contributed by atoms with Gasteiger partial charge in [-0.2, -0.15) is 5.10 Å². The third kappa shape index (κ3) is 3.85. The molecule has 1 heterocycles. The van der Waals surface area contributed by atoms with Gasteiger partial charge in [-0.25, -0.2) is 0 Å². The van der Waals surface area contributed by atoms with Gasteiger partial charge < -0.3 is 14.8 Å². The van der Waals surface area contributed by atoms with E-state index in [2.05, 4.69) is 15.5 Å². The molecule has 3 aromatic rings. The van der Waals surface area contributed by atoms with E-state index in [9.17, 15) is 4.79 Å². The maximum atomic E-state index is 12.5. The Labute approximate surface area is 152 Å². The number of benzene rings is 2. The summed E-state index contributed by atoms with van der Waals surface area (Å²) in [6.45, 7) is 4.49. The van der Waals surface area contributed by atoms with Crippen molar-refractivity contribution in [1.29, 1.82) is 0 Å². The number of amides is 1. The average molecular weight is 351 g/mol. The van der Waals surface area contributed by atoms with Gasteiger partial charge in [0, 0.05) is 17.3 Å². The van der Waals surface area contributed by atoms with Gasteiger partial charge in [-0.05, 0) is 55.8 Å². The zero-order chi connectivity index (χ0) is 18.5. The van der Waals surface area contributed by atoms with Gasteiger partial charge in [0.15, 0.2) is 0 Å². The highest BCUT2D eigenvalue weighted by Crippen LogP contribution is 2.24. The molecule has 0 saturated carbocycles. The second kappa shape index (κ2) is 7.74. The fourth-order valence-electron chi connectivity index (χ4n) is 2.53. The summed E-state index contributed by atoms with van der Waals surface area (Å²) in [5.41, 5.74) is 3.63. The number of aromatic nitrogens is 2. The molecule has 3 rings (SSSR count). The van der Waals surface area contributed by atoms with Gasteiger partial charge in [0.25, 0.3) is 5.91 Å². The molecular formula is C20H21N3O3. The largest absolute Gasteiger partial charge is 0.497 e. The first kappa shape index (κ1) is 17.5. The Hall–Kier alpha value is -3.28. The zero-order valence-electron chi connectivity index (χ0n) is 15.0. The molecule has 6 nitrogen and oxygen atoms in total. The van der Waals surface area contributed by atoms with Crippen LogP contribution >= 0.6 is 0 Å². The summed E-state index contributed by atoms with van der Waals surface area (Å²) in [4.78, 5) is 12.5. The van der Waals surface area contributed by atoms with Crippen molar-refractivity contribution in [3.05, 3.63) is 59.8 Å². The lowest BCUT2D eigenvalue weighted by Crippen LogP contribution is -2.13. The van der Waals surface area contributed by atoms with Crippen LogP contribution in [0.3, 0.4) is 0 Å². The van der Waals surface area contributed by atoms with E-state index in [1.165, 1.54) is 0 Å². The number of carbonyl (C=O) groups is 1. The van der Waals surface area contributed by atoms with E-state index in [0.717, 1.165) is 16.9 Å². The summed E-state index contributed by atoms with van der Waals surface area (Å²) in [7, 11) is 1.59. The lowest BCUT2D eigenvalue weighted by atomic mass is 10.1. The van der Waals surface area contributed by atoms with E-state index in [-0.39, 0.29) is 5.91 Å². The number of H-pyrrole nitrogens is 1. The Morgan fingerprint density at radius 1 is 1.12 bits per heavy atom. The number of anilines is 1. The first-order valence-electron chi connectivity index (χ1n) is 8.35. The lowest BCUT2D eigenvalue weighted by Gasteiger charge is -2.09. The molecule has 0 aliphatic heterocycles. The number of nitrogens with zero attached hydrogens (tertiary/aromatic N) is 1. The molecule has 1 aromatic heterocycles. The maximum absolute atomic E-state index is 12.5. The van der Waals surface area contributed by atoms with Gasteiger partial charge in [0.2, 0.25) is 0 Å². The van der Waals surface area contributed by atoms with Crippen molar-refractivity contribution >= 4 is 11.6 Å². The number of aryl methyl sites for hydroxylation is 1. The van der Waals surface area contributed by atoms with Gasteiger partial charge in [-0.3, -0.25) is 9.89 Å². The third-order valence-electron chi connectivity index (χ3n) is 3.98. The minimum Gasteiger partial charge on any atom is -0.497 e. The molecule has 2 aromatic carbocycles. The van der Waals surface area contributed by atoms with Gasteiger partial charge in [-0.1, -0.05) is 6.07 Å². The summed E-state index contributed by atoms with van der Waals surface area (Å²) >= 11 is 0. The van der Waals surface area contributed by atoms with Crippen LogP contribution in [0, 0.1) is 6.92 Å². The van der Waals surface area contributed by atoms with Crippen LogP contribution in [0.25, 0.3) is 11.3 Å². The van der Waals surface area contributed by atoms with E-state index >= 15 is 0 Å². The predicted octanol–water partition coefficient (Wildman–Crippen LogP) is 4.04. The molecule has 2 N–H and O–H groups in total. The molecule has 0 aliphatic carbocycles. The molecule has 0 saturated heterocycles. The minimum absolute atomic E-state index is 0.258. The van der Waals surface area contributed by atoms with Crippen LogP contribution in [0.15, 0.2) is 48.5 Å². The Morgan fingerprint density at radius 2 is 1.85 bits per heavy atom. The van der Waals surface area contributed by atoms with E-state index in [1.807, 2.05) is 50.2 Å². The molecular weight excluding hydrogens is 330 g/mol. The van der Waals surface area contributed by atoms with Crippen molar-refractivity contribution in [1.82, 2.24) is 10.2 Å². The molecule has 0 fully saturated rings. The Balaban J connectivity index is 1.76. The SMILES string of the molecule is CCOc1ccc(-c2cc(C(=O)Nc3cc(OC)ccc3C)[nH]n2)cc1. The van der Waals surface area contributed by atoms with Crippen molar-refractivity contribution in [3.8, 4) is 22.8 Å². The molecule has 0 atom stereocenters. The number of hydrogen-bond donors (Lipinski definition) is 2. The average Bonchev–Trinajstić information content (AvgIpc) is 3.15. The number of methoxy groups -OCH3 is 1. The fraction of sp³-hybridized carbons (Fsp3) is 0.200. The van der Waals surface area contributed by atoms with E-state index in [1.54, 1.807) is 19.2 Å². The normalized spacial score (nSPS) is 10.4. The van der Waals surface area contributed by atoms with Crippen molar-refractivity contribution < 1.29 is 14.3 Å². The molecule has 0 bridgehead atoms. The quantitative estimate of drug-likeness (QED) is 0.702. The molecule has 0 unspecified atom stereocenters. The molecule has 26 heavy (non-hydrogen) atoms. The first-order chi connectivity index (χ1) is 12.6. The second-order valence-electron chi connectivity index (χ2n) is 5.76. The number of nitrogens with one attached hydrogen (secondary N) is 2. The highest BCUT2D eigenvalue weighted by Gasteiger charge is 2.13. The van der Waals surface area contributed by atoms with Crippen LogP contribution in [0.1, 0.15) is 23.0 Å². The number of rotatable bonds is 6. The Bertz CT molecular complexity index is 901. The summed E-state index contributed by atoms with van der Waals surface area (Å²) in [6, 6.07) is 14.8. The molecule has 6 heteroatoms. The Kier molecular flexibility index (Phi) is 5.22. The number of aromatic amines is 1. The van der Waals surface area contributed by atoms with Crippen molar-refractivity contribution in [3.63, 3.8) is 0 Å². The van der Waals surface area contributed by atoms with Gasteiger partial charge in [-0.15, -0.1) is 0 Å². The van der Waals surface area contributed by atoms with Crippen LogP contribution in [0.5, 0.6) is 11.5 Å². The lowest BCUT2D eigenvalue weighted by molar-refractivity contribution is 0.102. The first-order valence-corrected chi connectivity index (χ1v) is 8.35. The maximum Gasteiger partial charge on any atom is 0.273 e. The zero-order valence-corrected chi connectivity index (χ0v) is 15.0. The number of carbonyl (C=O) groups excluding carboxylic acids is 1. The summed E-state index contributed by atoms with van der Waals surface area (Å²) in [5, 5.41) is 9.90. The molecule has 1 amide bonds. The predicted molar refractivity (Wildman–Crippen MR) is 101 cm³/mol. The standard InChI is InChI=1S/C20H21N3O3/c1-4-26-15-9-6-14(7-10-15)18-12-19(23-22-18)20(24)21-17-11-16(25-3)8-5-13(17)2/h5-12H,4H2,1-3H3,(H,21,24)(H,22,23). The highest BCUT2D eigenvalue weighted by atomic mass is 16.5. The van der Waals surface area contributed by atoms with Crippen molar-refractivity contribution in [2.75, 3.05) is 19.0 Å². The summed E-state index contributed by atoms with van der Waals surface area (Å²) < 4.78 is 10.6. The monoisotopic (exact) mass is 351 g/mol. The van der Waals surface area contributed by atoms with Gasteiger partial charge >= 0.3 is 0 Å². The Morgan fingerprint density at radius 3 is 2.54 bits per heavy atom. The van der Waals surface area contributed by atoms with Crippen LogP contribution < -0.4 is 14.8 Å². The smallest absolute Gasteiger partial charge is 0.273 e. The minimum atomic E-state index is -0.258. The second-order valence-corrected chi connectivity index (χ2v) is 5.76. The molecule has 0 aliphatic rings. The summed E-state index contributed by atoms with van der Waals surface area (Å²) in [5.74, 6) is 1.23. The van der Waals surface area contributed by atoms with E-state index in [4.69, 9.17) is 9.47 Å². The third-order valence-corrected chi connectivity index (χ3v) is 3.98. The number of hydrogen-bond acceptors (Lipinski definition) is 4. The van der Waals surface area contributed by atoms with Crippen molar-refractivity contribution in [2.24, 2.45) is 0 Å². The van der Waals surface area contributed by atoms with Crippen LogP contribution in [0.4, 0.5) is 5.69 Å². The van der Waals surface area contributed by atoms with Gasteiger partial charge in [0.1, 0.15) is 17.2 Å². The topological polar surface area (TPSA) is 76.2 Å². The molecule has 134 valence electrons. The summed E-state index contributed by atoms with van der Waals surface area (Å²) in [6.07, 6.45) is 0. The van der Waals surface area contributed by atoms with Crippen LogP contribution in [-0.2, 0) is 0 Å². The van der Waals surface area contributed by atoms with E-state index in [0.29, 0.717) is 29.4 Å². The van der Waals surface area contributed by atoms with Crippen molar-refractivity contribution in [2.45, 2.75) is 13.8 Å². The van der Waals surface area contributed by atoms with E-state index < -0.39 is 0 Å².